The first-order chi connectivity index (χ1) is 11.4. The van der Waals surface area contributed by atoms with Crippen LogP contribution in [0.4, 0.5) is 5.69 Å². The van der Waals surface area contributed by atoms with Crippen molar-refractivity contribution in [3.05, 3.63) is 34.5 Å². The highest BCUT2D eigenvalue weighted by Gasteiger charge is 2.52. The van der Waals surface area contributed by atoms with E-state index in [0.29, 0.717) is 5.52 Å². The van der Waals surface area contributed by atoms with Gasteiger partial charge in [-0.3, -0.25) is 19.2 Å². The highest BCUT2D eigenvalue weighted by Crippen LogP contribution is 2.52. The van der Waals surface area contributed by atoms with Gasteiger partial charge in [-0.1, -0.05) is 6.07 Å². The van der Waals surface area contributed by atoms with Crippen LogP contribution in [0.15, 0.2) is 24.4 Å². The minimum atomic E-state index is -4.23. The van der Waals surface area contributed by atoms with Crippen molar-refractivity contribution >= 4 is 24.4 Å². The summed E-state index contributed by atoms with van der Waals surface area (Å²) in [6, 6.07) is 4.44. The number of non-ortho nitro benzene ring substituents is 1. The Morgan fingerprint density at radius 2 is 2.20 bits per heavy atom. The Hall–Kier alpha value is -1.92. The van der Waals surface area contributed by atoms with Gasteiger partial charge in [-0.15, -0.1) is 0 Å². The smallest absolute Gasteiger partial charge is 0.385 e. The Kier molecular flexibility index (Phi) is 4.37. The van der Waals surface area contributed by atoms with Gasteiger partial charge in [0.05, 0.1) is 28.6 Å². The molecule has 136 valence electrons. The van der Waals surface area contributed by atoms with Crippen LogP contribution in [0.25, 0.3) is 10.9 Å². The Morgan fingerprint density at radius 3 is 2.92 bits per heavy atom. The van der Waals surface area contributed by atoms with Crippen molar-refractivity contribution in [1.29, 1.82) is 0 Å². The fourth-order valence-electron chi connectivity index (χ4n) is 2.96. The van der Waals surface area contributed by atoms with Crippen LogP contribution in [0.2, 0.25) is 0 Å². The Balaban J connectivity index is 0.00000182. The molecule has 2 aliphatic heterocycles. The van der Waals surface area contributed by atoms with Crippen LogP contribution < -0.4 is 6.15 Å². The van der Waals surface area contributed by atoms with E-state index >= 15 is 0 Å². The van der Waals surface area contributed by atoms with E-state index in [0.717, 1.165) is 0 Å². The number of aromatic nitrogens is 2. The molecule has 0 radical (unpaired) electrons. The average Bonchev–Trinajstić information content (AvgIpc) is 3.08. The lowest BCUT2D eigenvalue weighted by molar-refractivity contribution is -0.383. The zero-order valence-electron chi connectivity index (χ0n) is 12.7. The number of aliphatic hydroxyl groups excluding tert-OH is 1. The molecular formula is C12H15N4O8P. The van der Waals surface area contributed by atoms with Gasteiger partial charge in [0.2, 0.25) is 0 Å². The topological polar surface area (TPSA) is 181 Å². The quantitative estimate of drug-likeness (QED) is 0.387. The van der Waals surface area contributed by atoms with Crippen LogP contribution >= 0.6 is 7.82 Å². The maximum atomic E-state index is 11.5. The second kappa shape index (κ2) is 6.11. The van der Waals surface area contributed by atoms with Gasteiger partial charge >= 0.3 is 7.82 Å². The first-order valence-corrected chi connectivity index (χ1v) is 8.47. The van der Waals surface area contributed by atoms with Gasteiger partial charge in [-0.25, -0.2) is 9.25 Å². The summed E-state index contributed by atoms with van der Waals surface area (Å²) in [7, 11) is -4.23. The third-order valence-electron chi connectivity index (χ3n) is 4.02. The molecule has 25 heavy (non-hydrogen) atoms. The zero-order chi connectivity index (χ0) is 17.1. The maximum absolute atomic E-state index is 11.5. The van der Waals surface area contributed by atoms with E-state index in [9.17, 15) is 24.7 Å². The molecular weight excluding hydrogens is 359 g/mol. The van der Waals surface area contributed by atoms with Crippen molar-refractivity contribution in [1.82, 2.24) is 15.9 Å². The molecule has 4 unspecified atom stereocenters. The van der Waals surface area contributed by atoms with Gasteiger partial charge in [0.15, 0.2) is 6.23 Å². The predicted octanol–water partition coefficient (Wildman–Crippen LogP) is 0.881. The van der Waals surface area contributed by atoms with Crippen molar-refractivity contribution in [3.8, 4) is 0 Å². The summed E-state index contributed by atoms with van der Waals surface area (Å²) >= 11 is 0. The summed E-state index contributed by atoms with van der Waals surface area (Å²) in [6.45, 7) is -0.217. The summed E-state index contributed by atoms with van der Waals surface area (Å²) in [6.07, 6.45) is -2.82. The highest BCUT2D eigenvalue weighted by molar-refractivity contribution is 7.47. The zero-order valence-corrected chi connectivity index (χ0v) is 13.6. The first kappa shape index (κ1) is 17.9. The molecule has 0 aliphatic carbocycles. The maximum Gasteiger partial charge on any atom is 0.472 e. The molecule has 5 atom stereocenters. The molecule has 1 aromatic carbocycles. The van der Waals surface area contributed by atoms with Crippen molar-refractivity contribution in [3.63, 3.8) is 0 Å². The van der Waals surface area contributed by atoms with E-state index < -0.39 is 37.3 Å². The molecule has 2 saturated heterocycles. The molecule has 5 N–H and O–H groups in total. The van der Waals surface area contributed by atoms with Crippen LogP contribution in [0.5, 0.6) is 0 Å². The summed E-state index contributed by atoms with van der Waals surface area (Å²) in [5, 5.41) is 25.8. The molecule has 0 saturated carbocycles. The second-order valence-corrected chi connectivity index (χ2v) is 6.85. The number of fused-ring (bicyclic) bond motifs is 2. The second-order valence-electron chi connectivity index (χ2n) is 5.45. The van der Waals surface area contributed by atoms with Gasteiger partial charge in [-0.05, 0) is 6.07 Å². The van der Waals surface area contributed by atoms with Gasteiger partial charge in [0, 0.05) is 6.07 Å². The minimum Gasteiger partial charge on any atom is -0.385 e. The normalized spacial score (nSPS) is 34.5. The molecule has 12 nitrogen and oxygen atoms in total. The number of aliphatic hydroxyl groups is 1. The lowest BCUT2D eigenvalue weighted by Crippen LogP contribution is -2.39. The monoisotopic (exact) mass is 374 g/mol. The summed E-state index contributed by atoms with van der Waals surface area (Å²) < 4.78 is 27.9. The first-order valence-electron chi connectivity index (χ1n) is 6.97. The van der Waals surface area contributed by atoms with Crippen LogP contribution in [0, 0.1) is 10.1 Å². The molecule has 0 amide bonds. The van der Waals surface area contributed by atoms with Crippen molar-refractivity contribution in [2.45, 2.75) is 24.5 Å². The van der Waals surface area contributed by atoms with Gasteiger partial charge in [0.1, 0.15) is 18.3 Å². The third-order valence-corrected chi connectivity index (χ3v) is 5.01. The molecule has 3 heterocycles. The summed E-state index contributed by atoms with van der Waals surface area (Å²) in [5.41, 5.74) is 0.267. The lowest BCUT2D eigenvalue weighted by atomic mass is 10.1. The van der Waals surface area contributed by atoms with Crippen molar-refractivity contribution < 1.29 is 33.3 Å². The van der Waals surface area contributed by atoms with Crippen LogP contribution in [0.3, 0.4) is 0 Å². The number of benzene rings is 1. The number of phosphoric acid groups is 1. The van der Waals surface area contributed by atoms with Crippen molar-refractivity contribution in [2.24, 2.45) is 0 Å². The van der Waals surface area contributed by atoms with Crippen LogP contribution in [0.1, 0.15) is 6.23 Å². The van der Waals surface area contributed by atoms with Gasteiger partial charge in [0.25, 0.3) is 5.69 Å². The standard InChI is InChI=1S/C12H12N3O8P.H3N/c16-10-11-9(5-21-24(19,20)23-11)22-12(10)14-7-2-1-3-8(15(17)18)6(7)4-13-14;/h1-4,9-12,16H,5H2,(H,19,20);1H3/t9?,10?,11-,12?;/m1./s1. The molecule has 13 heteroatoms. The third kappa shape index (κ3) is 2.83. The minimum absolute atomic E-state index is 0. The van der Waals surface area contributed by atoms with Gasteiger partial charge in [-0.2, -0.15) is 5.10 Å². The highest BCUT2D eigenvalue weighted by atomic mass is 31.2. The van der Waals surface area contributed by atoms with E-state index in [1.807, 2.05) is 0 Å². The molecule has 1 aromatic heterocycles. The SMILES string of the molecule is N.O=[N+]([O-])c1cccc2c1cnn2C1OC2COP(=O)(O)O[C@H]2C1O. The van der Waals surface area contributed by atoms with E-state index in [1.54, 1.807) is 6.07 Å². The van der Waals surface area contributed by atoms with Crippen LogP contribution in [-0.2, 0) is 18.3 Å². The van der Waals surface area contributed by atoms with E-state index in [-0.39, 0.29) is 23.8 Å². The Morgan fingerprint density at radius 1 is 1.44 bits per heavy atom. The van der Waals surface area contributed by atoms with E-state index in [1.165, 1.54) is 23.0 Å². The Labute approximate surface area is 140 Å². The number of nitrogens with zero attached hydrogens (tertiary/aromatic N) is 3. The molecule has 2 fully saturated rings. The van der Waals surface area contributed by atoms with Gasteiger partial charge < -0.3 is 20.9 Å². The molecule has 4 rings (SSSR count). The molecule has 2 aromatic rings. The van der Waals surface area contributed by atoms with Crippen LogP contribution in [-0.4, -0.2) is 49.6 Å². The number of hydrogen-bond acceptors (Lipinski definition) is 9. The largest absolute Gasteiger partial charge is 0.472 e. The Bertz CT molecular complexity index is 872. The number of nitro benzene ring substituents is 1. The average molecular weight is 374 g/mol. The molecule has 0 spiro atoms. The lowest BCUT2D eigenvalue weighted by Gasteiger charge is -2.27. The van der Waals surface area contributed by atoms with Crippen molar-refractivity contribution in [2.75, 3.05) is 6.61 Å². The van der Waals surface area contributed by atoms with E-state index in [4.69, 9.17) is 9.26 Å². The number of phosphoric ester groups is 1. The fraction of sp³-hybridized carbons (Fsp3) is 0.417. The summed E-state index contributed by atoms with van der Waals surface area (Å²) in [4.78, 5) is 19.9. The number of ether oxygens (including phenoxy) is 1. The predicted molar refractivity (Wildman–Crippen MR) is 82.0 cm³/mol. The molecule has 0 bridgehead atoms. The fourth-order valence-corrected chi connectivity index (χ4v) is 3.92. The number of rotatable bonds is 2. The number of hydrogen-bond donors (Lipinski definition) is 3. The number of nitro groups is 1. The molecule has 2 aliphatic rings. The summed E-state index contributed by atoms with van der Waals surface area (Å²) in [5.74, 6) is 0. The van der Waals surface area contributed by atoms with E-state index in [2.05, 4.69) is 9.62 Å².